The summed E-state index contributed by atoms with van der Waals surface area (Å²) in [5.74, 6) is 0.845. The molecule has 1 N–H and O–H groups in total. The van der Waals surface area contributed by atoms with Crippen molar-refractivity contribution in [3.05, 3.63) is 70.4 Å². The molecule has 0 aliphatic heterocycles. The fourth-order valence-corrected chi connectivity index (χ4v) is 2.73. The first kappa shape index (κ1) is 16.4. The Hall–Kier alpha value is -2.43. The summed E-state index contributed by atoms with van der Waals surface area (Å²) in [6.45, 7) is 0. The van der Waals surface area contributed by atoms with Gasteiger partial charge < -0.3 is 14.5 Å². The zero-order valence-corrected chi connectivity index (χ0v) is 14.2. The van der Waals surface area contributed by atoms with E-state index in [1.807, 2.05) is 6.07 Å². The van der Waals surface area contributed by atoms with Gasteiger partial charge in [0.1, 0.15) is 11.5 Å². The van der Waals surface area contributed by atoms with E-state index in [9.17, 15) is 4.79 Å². The third-order valence-corrected chi connectivity index (χ3v) is 3.93. The van der Waals surface area contributed by atoms with Gasteiger partial charge in [-0.15, -0.1) is 0 Å². The number of amides is 1. The molecule has 0 spiro atoms. The van der Waals surface area contributed by atoms with Gasteiger partial charge in [-0.25, -0.2) is 0 Å². The minimum atomic E-state index is -0.379. The van der Waals surface area contributed by atoms with Gasteiger partial charge in [0.25, 0.3) is 5.91 Å². The summed E-state index contributed by atoms with van der Waals surface area (Å²) in [6.07, 6.45) is 0. The minimum Gasteiger partial charge on any atom is -0.495 e. The SMILES string of the molecule is COc1ccccc1NC(=O)c1ccc(-c2ccc(Cl)cc2Cl)o1. The second-order valence-electron chi connectivity index (χ2n) is 4.94. The summed E-state index contributed by atoms with van der Waals surface area (Å²) in [7, 11) is 1.54. The Balaban J connectivity index is 1.83. The molecule has 24 heavy (non-hydrogen) atoms. The number of hydrogen-bond acceptors (Lipinski definition) is 3. The number of hydrogen-bond donors (Lipinski definition) is 1. The Kier molecular flexibility index (Phi) is 4.79. The standard InChI is InChI=1S/C18H13Cl2NO3/c1-23-16-5-3-2-4-14(16)21-18(22)17-9-8-15(24-17)12-7-6-11(19)10-13(12)20/h2-10H,1H3,(H,21,22). The summed E-state index contributed by atoms with van der Waals surface area (Å²) in [4.78, 5) is 12.4. The van der Waals surface area contributed by atoms with Crippen LogP contribution in [0.4, 0.5) is 5.69 Å². The van der Waals surface area contributed by atoms with E-state index in [0.29, 0.717) is 32.8 Å². The largest absolute Gasteiger partial charge is 0.495 e. The molecular weight excluding hydrogens is 349 g/mol. The molecule has 0 bridgehead atoms. The van der Waals surface area contributed by atoms with Crippen molar-refractivity contribution in [3.8, 4) is 17.1 Å². The van der Waals surface area contributed by atoms with Gasteiger partial charge in [-0.3, -0.25) is 4.79 Å². The highest BCUT2D eigenvalue weighted by atomic mass is 35.5. The Bertz CT molecular complexity index is 889. The average molecular weight is 362 g/mol. The molecule has 0 aliphatic rings. The van der Waals surface area contributed by atoms with Crippen LogP contribution in [0.15, 0.2) is 59.0 Å². The van der Waals surface area contributed by atoms with Gasteiger partial charge in [-0.05, 0) is 42.5 Å². The number of anilines is 1. The van der Waals surface area contributed by atoms with E-state index in [2.05, 4.69) is 5.32 Å². The van der Waals surface area contributed by atoms with Crippen molar-refractivity contribution in [1.82, 2.24) is 0 Å². The van der Waals surface area contributed by atoms with E-state index in [-0.39, 0.29) is 11.7 Å². The van der Waals surface area contributed by atoms with Crippen LogP contribution in [0.25, 0.3) is 11.3 Å². The van der Waals surface area contributed by atoms with Crippen LogP contribution in [0, 0.1) is 0 Å². The zero-order chi connectivity index (χ0) is 17.1. The third-order valence-electron chi connectivity index (χ3n) is 3.38. The van der Waals surface area contributed by atoms with Crippen LogP contribution in [-0.4, -0.2) is 13.0 Å². The summed E-state index contributed by atoms with van der Waals surface area (Å²) >= 11 is 12.0. The number of rotatable bonds is 4. The van der Waals surface area contributed by atoms with Gasteiger partial charge in [0, 0.05) is 10.6 Å². The van der Waals surface area contributed by atoms with Gasteiger partial charge >= 0.3 is 0 Å². The van der Waals surface area contributed by atoms with E-state index in [1.165, 1.54) is 0 Å². The first-order valence-corrected chi connectivity index (χ1v) is 7.83. The normalized spacial score (nSPS) is 10.5. The van der Waals surface area contributed by atoms with Crippen LogP contribution in [0.3, 0.4) is 0 Å². The number of furan rings is 1. The summed E-state index contributed by atoms with van der Waals surface area (Å²) in [5.41, 5.74) is 1.23. The molecule has 1 amide bonds. The number of benzene rings is 2. The van der Waals surface area contributed by atoms with Crippen molar-refractivity contribution >= 4 is 34.8 Å². The van der Waals surface area contributed by atoms with Crippen molar-refractivity contribution in [2.45, 2.75) is 0 Å². The molecule has 0 fully saturated rings. The lowest BCUT2D eigenvalue weighted by atomic mass is 10.2. The van der Waals surface area contributed by atoms with Gasteiger partial charge in [-0.2, -0.15) is 0 Å². The Morgan fingerprint density at radius 2 is 1.88 bits per heavy atom. The maximum atomic E-state index is 12.4. The number of carbonyl (C=O) groups is 1. The molecule has 0 radical (unpaired) electrons. The number of nitrogens with one attached hydrogen (secondary N) is 1. The third kappa shape index (κ3) is 3.40. The summed E-state index contributed by atoms with van der Waals surface area (Å²) < 4.78 is 10.8. The quantitative estimate of drug-likeness (QED) is 0.665. The first-order valence-electron chi connectivity index (χ1n) is 7.08. The topological polar surface area (TPSA) is 51.5 Å². The van der Waals surface area contributed by atoms with Crippen LogP contribution in [0.5, 0.6) is 5.75 Å². The van der Waals surface area contributed by atoms with Gasteiger partial charge in [0.05, 0.1) is 17.8 Å². The Labute approximate surface area is 149 Å². The lowest BCUT2D eigenvalue weighted by molar-refractivity contribution is 0.0997. The molecule has 0 unspecified atom stereocenters. The molecule has 1 aromatic heterocycles. The summed E-state index contributed by atoms with van der Waals surface area (Å²) in [6, 6.07) is 15.5. The van der Waals surface area contributed by atoms with Gasteiger partial charge in [0.2, 0.25) is 0 Å². The smallest absolute Gasteiger partial charge is 0.291 e. The van der Waals surface area contributed by atoms with E-state index < -0.39 is 0 Å². The van der Waals surface area contributed by atoms with Gasteiger partial charge in [0.15, 0.2) is 5.76 Å². The molecule has 122 valence electrons. The Morgan fingerprint density at radius 3 is 2.62 bits per heavy atom. The predicted molar refractivity (Wildman–Crippen MR) is 95.1 cm³/mol. The lowest BCUT2D eigenvalue weighted by Gasteiger charge is -2.08. The van der Waals surface area contributed by atoms with Crippen LogP contribution in [0.1, 0.15) is 10.6 Å². The number of methoxy groups -OCH3 is 1. The number of carbonyl (C=O) groups excluding carboxylic acids is 1. The lowest BCUT2D eigenvalue weighted by Crippen LogP contribution is -2.11. The number of ether oxygens (including phenoxy) is 1. The van der Waals surface area contributed by atoms with Gasteiger partial charge in [-0.1, -0.05) is 35.3 Å². The monoisotopic (exact) mass is 361 g/mol. The fourth-order valence-electron chi connectivity index (χ4n) is 2.23. The van der Waals surface area contributed by atoms with E-state index in [0.717, 1.165) is 0 Å². The highest BCUT2D eigenvalue weighted by Crippen LogP contribution is 2.32. The van der Waals surface area contributed by atoms with Crippen molar-refractivity contribution in [2.24, 2.45) is 0 Å². The second kappa shape index (κ2) is 6.99. The minimum absolute atomic E-state index is 0.168. The van der Waals surface area contributed by atoms with Crippen LogP contribution >= 0.6 is 23.2 Å². The molecule has 2 aromatic carbocycles. The molecule has 0 saturated heterocycles. The van der Waals surface area contributed by atoms with Crippen molar-refractivity contribution < 1.29 is 13.9 Å². The van der Waals surface area contributed by atoms with Crippen LogP contribution in [0.2, 0.25) is 10.0 Å². The Morgan fingerprint density at radius 1 is 1.08 bits per heavy atom. The highest BCUT2D eigenvalue weighted by molar-refractivity contribution is 6.36. The maximum absolute atomic E-state index is 12.4. The predicted octanol–water partition coefficient (Wildman–Crippen LogP) is 5.51. The second-order valence-corrected chi connectivity index (χ2v) is 5.79. The van der Waals surface area contributed by atoms with Crippen LogP contribution < -0.4 is 10.1 Å². The fraction of sp³-hybridized carbons (Fsp3) is 0.0556. The van der Waals surface area contributed by atoms with E-state index in [1.54, 1.807) is 55.6 Å². The number of para-hydroxylation sites is 2. The maximum Gasteiger partial charge on any atom is 0.291 e. The molecule has 0 aliphatic carbocycles. The van der Waals surface area contributed by atoms with Crippen molar-refractivity contribution in [2.75, 3.05) is 12.4 Å². The molecular formula is C18H13Cl2NO3. The highest BCUT2D eigenvalue weighted by Gasteiger charge is 2.15. The van der Waals surface area contributed by atoms with Crippen molar-refractivity contribution in [3.63, 3.8) is 0 Å². The number of halogens is 2. The van der Waals surface area contributed by atoms with E-state index in [4.69, 9.17) is 32.4 Å². The molecule has 0 atom stereocenters. The van der Waals surface area contributed by atoms with E-state index >= 15 is 0 Å². The zero-order valence-electron chi connectivity index (χ0n) is 12.7. The molecule has 4 nitrogen and oxygen atoms in total. The molecule has 3 rings (SSSR count). The molecule has 0 saturated carbocycles. The van der Waals surface area contributed by atoms with Crippen LogP contribution in [-0.2, 0) is 0 Å². The summed E-state index contributed by atoms with van der Waals surface area (Å²) in [5, 5.41) is 3.74. The molecule has 3 aromatic rings. The molecule has 6 heteroatoms. The molecule has 1 heterocycles. The first-order chi connectivity index (χ1) is 11.6. The van der Waals surface area contributed by atoms with Crippen molar-refractivity contribution in [1.29, 1.82) is 0 Å². The average Bonchev–Trinajstić information content (AvgIpc) is 3.05.